The van der Waals surface area contributed by atoms with Crippen molar-refractivity contribution in [2.45, 2.75) is 19.3 Å². The zero-order valence-corrected chi connectivity index (χ0v) is 10.2. The van der Waals surface area contributed by atoms with Gasteiger partial charge >= 0.3 is 6.18 Å². The fraction of sp³-hybridized carbons (Fsp3) is 0.250. The molecule has 2 aromatic heterocycles. The number of fused-ring (bicyclic) bond motifs is 1. The largest absolute Gasteiger partial charge is 0.421 e. The maximum atomic E-state index is 13.0. The van der Waals surface area contributed by atoms with Gasteiger partial charge in [-0.25, -0.2) is 4.98 Å². The van der Waals surface area contributed by atoms with E-state index in [9.17, 15) is 13.2 Å². The molecule has 3 rings (SSSR count). The molecule has 0 saturated carbocycles. The molecule has 5 nitrogen and oxygen atoms in total. The lowest BCUT2D eigenvalue weighted by molar-refractivity contribution is -0.137. The van der Waals surface area contributed by atoms with Crippen molar-refractivity contribution >= 4 is 11.8 Å². The first kappa shape index (κ1) is 12.6. The van der Waals surface area contributed by atoms with E-state index in [1.54, 1.807) is 18.5 Å². The van der Waals surface area contributed by atoms with Gasteiger partial charge in [0.05, 0.1) is 0 Å². The summed E-state index contributed by atoms with van der Waals surface area (Å²) in [5.41, 5.74) is 6.36. The van der Waals surface area contributed by atoms with E-state index in [1.165, 1.54) is 4.90 Å². The highest BCUT2D eigenvalue weighted by atomic mass is 19.4. The van der Waals surface area contributed by atoms with Crippen molar-refractivity contribution in [1.82, 2.24) is 15.0 Å². The minimum absolute atomic E-state index is 0.179. The van der Waals surface area contributed by atoms with Crippen LogP contribution < -0.4 is 10.6 Å². The van der Waals surface area contributed by atoms with Crippen molar-refractivity contribution in [2.75, 3.05) is 10.6 Å². The number of nitrogen functional groups attached to an aromatic ring is 1. The van der Waals surface area contributed by atoms with Crippen molar-refractivity contribution in [2.24, 2.45) is 0 Å². The Hall–Kier alpha value is -2.38. The van der Waals surface area contributed by atoms with E-state index in [0.29, 0.717) is 13.1 Å². The molecule has 0 radical (unpaired) electrons. The SMILES string of the molecule is Nc1ncc(C(F)(F)F)c(N2Cc3ccncc3C2)n1. The molecular formula is C12H10F3N5. The Morgan fingerprint density at radius 3 is 2.60 bits per heavy atom. The van der Waals surface area contributed by atoms with E-state index in [-0.39, 0.29) is 11.8 Å². The number of halogens is 3. The number of rotatable bonds is 1. The molecule has 2 N–H and O–H groups in total. The summed E-state index contributed by atoms with van der Waals surface area (Å²) in [4.78, 5) is 12.7. The molecule has 0 aromatic carbocycles. The Bertz CT molecular complexity index is 631. The zero-order chi connectivity index (χ0) is 14.3. The molecule has 1 aliphatic heterocycles. The number of pyridine rings is 1. The van der Waals surface area contributed by atoms with Crippen LogP contribution in [0.3, 0.4) is 0 Å². The maximum absolute atomic E-state index is 13.0. The number of hydrogen-bond donors (Lipinski definition) is 1. The number of alkyl halides is 3. The first-order valence-electron chi connectivity index (χ1n) is 5.81. The third kappa shape index (κ3) is 2.13. The molecule has 0 amide bonds. The molecule has 0 saturated heterocycles. The summed E-state index contributed by atoms with van der Waals surface area (Å²) in [6.45, 7) is 0.667. The second-order valence-electron chi connectivity index (χ2n) is 4.46. The van der Waals surface area contributed by atoms with Crippen LogP contribution in [0.2, 0.25) is 0 Å². The van der Waals surface area contributed by atoms with Crippen LogP contribution in [0.25, 0.3) is 0 Å². The summed E-state index contributed by atoms with van der Waals surface area (Å²) in [7, 11) is 0. The second kappa shape index (κ2) is 4.32. The normalized spacial score (nSPS) is 14.4. The summed E-state index contributed by atoms with van der Waals surface area (Å²) in [5, 5.41) is 0. The number of anilines is 2. The molecule has 0 bridgehead atoms. The van der Waals surface area contributed by atoms with Gasteiger partial charge in [0.1, 0.15) is 11.4 Å². The Balaban J connectivity index is 2.02. The maximum Gasteiger partial charge on any atom is 0.421 e. The third-order valence-corrected chi connectivity index (χ3v) is 3.12. The quantitative estimate of drug-likeness (QED) is 0.865. The fourth-order valence-electron chi connectivity index (χ4n) is 2.20. The van der Waals surface area contributed by atoms with Gasteiger partial charge in [0, 0.05) is 31.7 Å². The Morgan fingerprint density at radius 2 is 1.90 bits per heavy atom. The molecule has 0 atom stereocenters. The first-order valence-corrected chi connectivity index (χ1v) is 5.81. The smallest absolute Gasteiger partial charge is 0.368 e. The molecule has 20 heavy (non-hydrogen) atoms. The summed E-state index contributed by atoms with van der Waals surface area (Å²) in [6, 6.07) is 1.78. The van der Waals surface area contributed by atoms with Crippen LogP contribution in [0.1, 0.15) is 16.7 Å². The molecular weight excluding hydrogens is 271 g/mol. The van der Waals surface area contributed by atoms with E-state index >= 15 is 0 Å². The highest BCUT2D eigenvalue weighted by Gasteiger charge is 2.37. The number of nitrogens with zero attached hydrogens (tertiary/aromatic N) is 4. The second-order valence-corrected chi connectivity index (χ2v) is 4.46. The van der Waals surface area contributed by atoms with E-state index in [4.69, 9.17) is 5.73 Å². The lowest BCUT2D eigenvalue weighted by atomic mass is 10.2. The van der Waals surface area contributed by atoms with Gasteiger partial charge in [0.15, 0.2) is 0 Å². The van der Waals surface area contributed by atoms with Gasteiger partial charge < -0.3 is 10.6 Å². The summed E-state index contributed by atoms with van der Waals surface area (Å²) < 4.78 is 39.0. The molecule has 8 heteroatoms. The average Bonchev–Trinajstić information content (AvgIpc) is 2.80. The topological polar surface area (TPSA) is 67.9 Å². The van der Waals surface area contributed by atoms with Crippen molar-refractivity contribution in [3.05, 3.63) is 41.3 Å². The summed E-state index contributed by atoms with van der Waals surface area (Å²) in [6.07, 6.45) is -0.538. The first-order chi connectivity index (χ1) is 9.45. The van der Waals surface area contributed by atoms with E-state index in [0.717, 1.165) is 17.3 Å². The van der Waals surface area contributed by atoms with Gasteiger partial charge in [-0.1, -0.05) is 0 Å². The van der Waals surface area contributed by atoms with Crippen LogP contribution >= 0.6 is 0 Å². The third-order valence-electron chi connectivity index (χ3n) is 3.12. The van der Waals surface area contributed by atoms with E-state index < -0.39 is 11.7 Å². The zero-order valence-electron chi connectivity index (χ0n) is 10.2. The van der Waals surface area contributed by atoms with Crippen molar-refractivity contribution in [3.8, 4) is 0 Å². The van der Waals surface area contributed by atoms with Crippen molar-refractivity contribution in [3.63, 3.8) is 0 Å². The fourth-order valence-corrected chi connectivity index (χ4v) is 2.20. The van der Waals surface area contributed by atoms with Gasteiger partial charge in [-0.05, 0) is 17.2 Å². The van der Waals surface area contributed by atoms with Crippen LogP contribution in [-0.4, -0.2) is 15.0 Å². The highest BCUT2D eigenvalue weighted by molar-refractivity contribution is 5.53. The number of aromatic nitrogens is 3. The Labute approximate surface area is 112 Å². The standard InChI is InChI=1S/C12H10F3N5/c13-12(14,15)9-4-18-11(16)19-10(9)20-5-7-1-2-17-3-8(7)6-20/h1-4H,5-6H2,(H2,16,18,19). The molecule has 2 aromatic rings. The van der Waals surface area contributed by atoms with Gasteiger partial charge in [-0.2, -0.15) is 18.2 Å². The van der Waals surface area contributed by atoms with E-state index in [1.807, 2.05) is 0 Å². The summed E-state index contributed by atoms with van der Waals surface area (Å²) >= 11 is 0. The van der Waals surface area contributed by atoms with Crippen LogP contribution in [-0.2, 0) is 19.3 Å². The lowest BCUT2D eigenvalue weighted by Gasteiger charge is -2.21. The van der Waals surface area contributed by atoms with Crippen LogP contribution in [0.15, 0.2) is 24.7 Å². The molecule has 3 heterocycles. The van der Waals surface area contributed by atoms with Crippen LogP contribution in [0, 0.1) is 0 Å². The lowest BCUT2D eigenvalue weighted by Crippen LogP contribution is -2.22. The van der Waals surface area contributed by atoms with Gasteiger partial charge in [0.25, 0.3) is 0 Å². The van der Waals surface area contributed by atoms with E-state index in [2.05, 4.69) is 15.0 Å². The summed E-state index contributed by atoms with van der Waals surface area (Å²) in [5.74, 6) is -0.372. The molecule has 1 aliphatic rings. The Kier molecular flexibility index (Phi) is 2.73. The monoisotopic (exact) mass is 281 g/mol. The molecule has 0 aliphatic carbocycles. The van der Waals surface area contributed by atoms with Crippen molar-refractivity contribution in [1.29, 1.82) is 0 Å². The molecule has 0 spiro atoms. The molecule has 0 fully saturated rings. The predicted octanol–water partition coefficient (Wildman–Crippen LogP) is 1.99. The minimum Gasteiger partial charge on any atom is -0.368 e. The predicted molar refractivity (Wildman–Crippen MR) is 65.6 cm³/mol. The number of hydrogen-bond acceptors (Lipinski definition) is 5. The van der Waals surface area contributed by atoms with Crippen LogP contribution in [0.4, 0.5) is 24.9 Å². The highest BCUT2D eigenvalue weighted by Crippen LogP contribution is 2.37. The van der Waals surface area contributed by atoms with Gasteiger partial charge in [0.2, 0.25) is 5.95 Å². The minimum atomic E-state index is -4.52. The molecule has 0 unspecified atom stereocenters. The van der Waals surface area contributed by atoms with Crippen LogP contribution in [0.5, 0.6) is 0 Å². The average molecular weight is 281 g/mol. The van der Waals surface area contributed by atoms with Gasteiger partial charge in [-0.15, -0.1) is 0 Å². The number of nitrogens with two attached hydrogens (primary N) is 1. The van der Waals surface area contributed by atoms with Crippen molar-refractivity contribution < 1.29 is 13.2 Å². The van der Waals surface area contributed by atoms with Gasteiger partial charge in [-0.3, -0.25) is 4.98 Å². The Morgan fingerprint density at radius 1 is 1.15 bits per heavy atom. The molecule has 104 valence electrons.